The average Bonchev–Trinajstić information content (AvgIpc) is 3.17. The Labute approximate surface area is 144 Å². The molecule has 1 unspecified atom stereocenters. The van der Waals surface area contributed by atoms with Gasteiger partial charge in [0.25, 0.3) is 0 Å². The van der Waals surface area contributed by atoms with Gasteiger partial charge in [-0.05, 0) is 12.1 Å². The van der Waals surface area contributed by atoms with E-state index in [-0.39, 0.29) is 10.6 Å². The van der Waals surface area contributed by atoms with Gasteiger partial charge in [-0.3, -0.25) is 4.79 Å². The van der Waals surface area contributed by atoms with E-state index in [9.17, 15) is 9.59 Å². The number of thiazole rings is 1. The summed E-state index contributed by atoms with van der Waals surface area (Å²) in [6, 6.07) is 5.08. The highest BCUT2D eigenvalue weighted by molar-refractivity contribution is 7.16. The standard InChI is InChI=1S/C15H13N5O4S/c1-24-10-3-8-11(25-15(23)20-8)4-7(10)18-12-6-2-9(14(21)22)19-13(6)17-5-16-12/h2-5,12,18-19H,1H3,(H,16,17)(H,20,23)(H,21,22). The quantitative estimate of drug-likeness (QED) is 0.484. The average molecular weight is 359 g/mol. The van der Waals surface area contributed by atoms with E-state index in [0.717, 1.165) is 16.0 Å². The molecule has 3 aromatic rings. The summed E-state index contributed by atoms with van der Waals surface area (Å²) >= 11 is 1.10. The third-order valence-electron chi connectivity index (χ3n) is 3.84. The van der Waals surface area contributed by atoms with Gasteiger partial charge >= 0.3 is 10.8 Å². The van der Waals surface area contributed by atoms with Gasteiger partial charge in [-0.15, -0.1) is 0 Å². The van der Waals surface area contributed by atoms with Gasteiger partial charge in [0.1, 0.15) is 23.4 Å². The summed E-state index contributed by atoms with van der Waals surface area (Å²) in [6.45, 7) is 0. The number of aliphatic imine (C=N–C) groups is 1. The molecule has 4 rings (SSSR count). The van der Waals surface area contributed by atoms with Crippen molar-refractivity contribution in [3.8, 4) is 5.75 Å². The molecule has 0 aliphatic carbocycles. The first-order valence-electron chi connectivity index (χ1n) is 7.27. The van der Waals surface area contributed by atoms with Crippen LogP contribution in [0.15, 0.2) is 28.0 Å². The molecule has 0 spiro atoms. The number of hydrogen-bond donors (Lipinski definition) is 5. The van der Waals surface area contributed by atoms with Gasteiger partial charge in [0.05, 0.1) is 29.4 Å². The molecule has 2 aromatic heterocycles. The number of H-pyrrole nitrogens is 2. The van der Waals surface area contributed by atoms with E-state index in [1.54, 1.807) is 6.07 Å². The van der Waals surface area contributed by atoms with Crippen LogP contribution in [-0.2, 0) is 0 Å². The van der Waals surface area contributed by atoms with Gasteiger partial charge in [-0.25, -0.2) is 9.79 Å². The minimum absolute atomic E-state index is 0.0592. The summed E-state index contributed by atoms with van der Waals surface area (Å²) in [4.78, 5) is 32.2. The topological polar surface area (TPSA) is 132 Å². The van der Waals surface area contributed by atoms with Crippen molar-refractivity contribution in [3.63, 3.8) is 0 Å². The van der Waals surface area contributed by atoms with Crippen molar-refractivity contribution in [3.05, 3.63) is 39.1 Å². The lowest BCUT2D eigenvalue weighted by molar-refractivity contribution is 0.0691. The second kappa shape index (κ2) is 5.67. The van der Waals surface area contributed by atoms with Crippen molar-refractivity contribution < 1.29 is 14.6 Å². The number of hydrogen-bond acceptors (Lipinski definition) is 7. The van der Waals surface area contributed by atoms with Crippen LogP contribution in [0.25, 0.3) is 10.2 Å². The van der Waals surface area contributed by atoms with E-state index in [1.807, 2.05) is 6.07 Å². The molecule has 0 radical (unpaired) electrons. The first kappa shape index (κ1) is 15.3. The molecule has 128 valence electrons. The Morgan fingerprint density at radius 3 is 2.96 bits per heavy atom. The maximum absolute atomic E-state index is 11.5. The summed E-state index contributed by atoms with van der Waals surface area (Å²) < 4.78 is 6.18. The molecule has 0 bridgehead atoms. The number of aromatic amines is 2. The Morgan fingerprint density at radius 2 is 2.20 bits per heavy atom. The van der Waals surface area contributed by atoms with E-state index < -0.39 is 12.1 Å². The molecule has 25 heavy (non-hydrogen) atoms. The fraction of sp³-hybridized carbons (Fsp3) is 0.133. The van der Waals surface area contributed by atoms with Gasteiger partial charge in [-0.1, -0.05) is 11.3 Å². The maximum atomic E-state index is 11.5. The van der Waals surface area contributed by atoms with Crippen LogP contribution in [0.5, 0.6) is 5.75 Å². The molecule has 9 nitrogen and oxygen atoms in total. The van der Waals surface area contributed by atoms with Crippen LogP contribution < -0.4 is 20.2 Å². The van der Waals surface area contributed by atoms with E-state index in [1.165, 1.54) is 19.5 Å². The van der Waals surface area contributed by atoms with E-state index in [4.69, 9.17) is 9.84 Å². The lowest BCUT2D eigenvalue weighted by Gasteiger charge is -2.23. The van der Waals surface area contributed by atoms with E-state index in [2.05, 4.69) is 25.6 Å². The van der Waals surface area contributed by atoms with Gasteiger partial charge in [0.2, 0.25) is 0 Å². The summed E-state index contributed by atoms with van der Waals surface area (Å²) in [5.74, 6) is -0.0270. The number of anilines is 1. The molecule has 0 amide bonds. The zero-order valence-electron chi connectivity index (χ0n) is 12.9. The summed E-state index contributed by atoms with van der Waals surface area (Å²) in [7, 11) is 1.54. The van der Waals surface area contributed by atoms with Gasteiger partial charge in [0, 0.05) is 11.6 Å². The van der Waals surface area contributed by atoms with Crippen molar-refractivity contribution in [2.24, 2.45) is 4.99 Å². The Hall–Kier alpha value is -3.27. The smallest absolute Gasteiger partial charge is 0.352 e. The van der Waals surface area contributed by atoms with Crippen LogP contribution in [0.1, 0.15) is 22.2 Å². The summed E-state index contributed by atoms with van der Waals surface area (Å²) in [5.41, 5.74) is 2.10. The number of carbonyl (C=O) groups is 1. The number of rotatable bonds is 4. The van der Waals surface area contributed by atoms with Crippen molar-refractivity contribution in [2.75, 3.05) is 12.4 Å². The van der Waals surface area contributed by atoms with Crippen molar-refractivity contribution in [1.82, 2.24) is 15.3 Å². The Morgan fingerprint density at radius 1 is 1.36 bits per heavy atom. The third-order valence-corrected chi connectivity index (χ3v) is 4.69. The lowest BCUT2D eigenvalue weighted by Crippen LogP contribution is -2.28. The van der Waals surface area contributed by atoms with Gasteiger partial charge < -0.3 is 30.4 Å². The normalized spacial score (nSPS) is 15.6. The Balaban J connectivity index is 1.73. The van der Waals surface area contributed by atoms with Gasteiger partial charge in [0.15, 0.2) is 0 Å². The number of fused-ring (bicyclic) bond motifs is 2. The number of nitrogens with zero attached hydrogens (tertiary/aromatic N) is 1. The highest BCUT2D eigenvalue weighted by atomic mass is 32.1. The fourth-order valence-corrected chi connectivity index (χ4v) is 3.46. The number of carboxylic acid groups (broad SMARTS) is 1. The van der Waals surface area contributed by atoms with Crippen LogP contribution in [0.3, 0.4) is 0 Å². The molecule has 1 atom stereocenters. The number of aromatic carboxylic acids is 1. The minimum atomic E-state index is -1.06. The number of benzene rings is 1. The van der Waals surface area contributed by atoms with Crippen LogP contribution in [-0.4, -0.2) is 34.5 Å². The van der Waals surface area contributed by atoms with Crippen LogP contribution in [0, 0.1) is 0 Å². The number of aromatic nitrogens is 2. The van der Waals surface area contributed by atoms with E-state index in [0.29, 0.717) is 28.3 Å². The van der Waals surface area contributed by atoms with Crippen molar-refractivity contribution in [1.29, 1.82) is 0 Å². The maximum Gasteiger partial charge on any atom is 0.352 e. The second-order valence-electron chi connectivity index (χ2n) is 5.36. The van der Waals surface area contributed by atoms with Crippen molar-refractivity contribution >= 4 is 45.4 Å². The second-order valence-corrected chi connectivity index (χ2v) is 6.37. The molecule has 1 aliphatic rings. The largest absolute Gasteiger partial charge is 0.495 e. The monoisotopic (exact) mass is 359 g/mol. The predicted octanol–water partition coefficient (Wildman–Crippen LogP) is 2.00. The zero-order chi connectivity index (χ0) is 17.6. The molecule has 0 saturated carbocycles. The molecular formula is C15H13N5O4S. The molecule has 3 heterocycles. The summed E-state index contributed by atoms with van der Waals surface area (Å²) in [6.07, 6.45) is 1.08. The zero-order valence-corrected chi connectivity index (χ0v) is 13.7. The highest BCUT2D eigenvalue weighted by Gasteiger charge is 2.23. The van der Waals surface area contributed by atoms with E-state index >= 15 is 0 Å². The van der Waals surface area contributed by atoms with Crippen LogP contribution in [0.2, 0.25) is 0 Å². The minimum Gasteiger partial charge on any atom is -0.495 e. The molecule has 5 N–H and O–H groups in total. The molecule has 10 heteroatoms. The number of ether oxygens (including phenoxy) is 1. The van der Waals surface area contributed by atoms with Crippen LogP contribution >= 0.6 is 11.3 Å². The Kier molecular flexibility index (Phi) is 3.46. The van der Waals surface area contributed by atoms with Gasteiger partial charge in [-0.2, -0.15) is 0 Å². The Bertz CT molecular complexity index is 1060. The first-order valence-corrected chi connectivity index (χ1v) is 8.09. The number of carboxylic acids is 1. The molecule has 1 aliphatic heterocycles. The number of nitrogens with one attached hydrogen (secondary N) is 4. The van der Waals surface area contributed by atoms with Crippen molar-refractivity contribution in [2.45, 2.75) is 6.17 Å². The SMILES string of the molecule is COc1cc2[nH]c(=O)sc2cc1NC1NC=Nc2[nH]c(C(=O)O)cc21. The first-order chi connectivity index (χ1) is 12.0. The molecular weight excluding hydrogens is 346 g/mol. The predicted molar refractivity (Wildman–Crippen MR) is 94.4 cm³/mol. The highest BCUT2D eigenvalue weighted by Crippen LogP contribution is 2.35. The van der Waals surface area contributed by atoms with Crippen LogP contribution in [0.4, 0.5) is 11.5 Å². The molecule has 1 aromatic carbocycles. The molecule has 0 saturated heterocycles. The fourth-order valence-electron chi connectivity index (χ4n) is 2.70. The third kappa shape index (κ3) is 2.62. The lowest BCUT2D eigenvalue weighted by atomic mass is 10.2. The number of methoxy groups -OCH3 is 1. The summed E-state index contributed by atoms with van der Waals surface area (Å²) in [5, 5.41) is 15.4. The molecule has 0 fully saturated rings.